The second-order valence-electron chi connectivity index (χ2n) is 7.23. The number of hydrogen-bond acceptors (Lipinski definition) is 2. The molecule has 0 rings (SSSR count). The minimum atomic E-state index is -0.749. The van der Waals surface area contributed by atoms with Crippen LogP contribution in [0.25, 0.3) is 0 Å². The number of carbonyl (C=O) groups is 1. The highest BCUT2D eigenvalue weighted by atomic mass is 16.4. The van der Waals surface area contributed by atoms with Crippen LogP contribution in [-0.2, 0) is 4.79 Å². The predicted molar refractivity (Wildman–Crippen MR) is 101 cm³/mol. The molecule has 0 radical (unpaired) electrons. The Labute approximate surface area is 149 Å². The van der Waals surface area contributed by atoms with E-state index in [0.29, 0.717) is 23.2 Å². The Hall–Kier alpha value is -1.03. The van der Waals surface area contributed by atoms with Gasteiger partial charge in [0.15, 0.2) is 0 Å². The molecule has 0 heterocycles. The minimum Gasteiger partial charge on any atom is -0.507 e. The average Bonchev–Trinajstić information content (AvgIpc) is 2.54. The van der Waals surface area contributed by atoms with Gasteiger partial charge in [-0.25, -0.2) is 0 Å². The Bertz CT molecular complexity index is 358. The van der Waals surface area contributed by atoms with Crippen molar-refractivity contribution in [2.24, 2.45) is 5.92 Å². The third kappa shape index (κ3) is 9.96. The number of aliphatic carboxylic acids is 1. The maximum absolute atomic E-state index is 11.4. The molecule has 4 heteroatoms. The van der Waals surface area contributed by atoms with Crippen molar-refractivity contribution >= 4 is 5.97 Å². The summed E-state index contributed by atoms with van der Waals surface area (Å²) in [7, 11) is 0. The van der Waals surface area contributed by atoms with Crippen LogP contribution in [0.2, 0.25) is 0 Å². The van der Waals surface area contributed by atoms with Gasteiger partial charge >= 0.3 is 5.97 Å². The van der Waals surface area contributed by atoms with Crippen LogP contribution in [0.4, 0.5) is 0 Å². The first-order valence-corrected chi connectivity index (χ1v) is 9.90. The van der Waals surface area contributed by atoms with Crippen LogP contribution in [-0.4, -0.2) is 40.3 Å². The molecule has 0 saturated carbocycles. The van der Waals surface area contributed by atoms with E-state index in [1.807, 2.05) is 6.20 Å². The molecule has 0 fully saturated rings. The molecular weight excluding hydrogens is 302 g/mol. The number of nitrogens with zero attached hydrogens (tertiary/aromatic N) is 1. The van der Waals surface area contributed by atoms with E-state index in [-0.39, 0.29) is 0 Å². The van der Waals surface area contributed by atoms with E-state index in [0.717, 1.165) is 51.6 Å². The van der Waals surface area contributed by atoms with E-state index in [1.165, 1.54) is 12.8 Å². The van der Waals surface area contributed by atoms with Gasteiger partial charge in [-0.1, -0.05) is 52.9 Å². The van der Waals surface area contributed by atoms with E-state index < -0.39 is 11.9 Å². The van der Waals surface area contributed by atoms with Crippen LogP contribution in [0.3, 0.4) is 0 Å². The highest BCUT2D eigenvalue weighted by Crippen LogP contribution is 2.21. The lowest BCUT2D eigenvalue weighted by Gasteiger charge is -2.36. The highest BCUT2D eigenvalue weighted by molar-refractivity contribution is 5.69. The van der Waals surface area contributed by atoms with Gasteiger partial charge in [0.2, 0.25) is 0 Å². The summed E-state index contributed by atoms with van der Waals surface area (Å²) in [4.78, 5) is 11.4. The van der Waals surface area contributed by atoms with E-state index >= 15 is 0 Å². The topological polar surface area (TPSA) is 57.5 Å². The molecule has 0 bridgehead atoms. The number of quaternary nitrogens is 1. The predicted octanol–water partition coefficient (Wildman–Crippen LogP) is 5.49. The first-order valence-electron chi connectivity index (χ1n) is 9.90. The zero-order chi connectivity index (χ0) is 18.4. The van der Waals surface area contributed by atoms with Crippen molar-refractivity contribution in [3.8, 4) is 0 Å². The minimum absolute atomic E-state index is 0.400. The molecule has 0 aromatic heterocycles. The molecule has 4 nitrogen and oxygen atoms in total. The van der Waals surface area contributed by atoms with E-state index in [9.17, 15) is 15.0 Å². The van der Waals surface area contributed by atoms with Crippen molar-refractivity contribution in [2.45, 2.75) is 85.5 Å². The smallest absolute Gasteiger partial charge is 0.311 e. The fourth-order valence-corrected chi connectivity index (χ4v) is 3.16. The number of aliphatic hydroxyl groups is 1. The molecule has 0 aromatic carbocycles. The molecule has 0 saturated heterocycles. The Morgan fingerprint density at radius 1 is 0.917 bits per heavy atom. The third-order valence-corrected chi connectivity index (χ3v) is 4.68. The average molecular weight is 343 g/mol. The van der Waals surface area contributed by atoms with Gasteiger partial charge in [0.1, 0.15) is 17.9 Å². The van der Waals surface area contributed by atoms with E-state index in [1.54, 1.807) is 6.92 Å². The van der Waals surface area contributed by atoms with Crippen molar-refractivity contribution in [2.75, 3.05) is 19.6 Å². The van der Waals surface area contributed by atoms with Crippen LogP contribution in [0.5, 0.6) is 0 Å². The van der Waals surface area contributed by atoms with Gasteiger partial charge in [0.05, 0.1) is 19.6 Å². The van der Waals surface area contributed by atoms with Crippen molar-refractivity contribution in [3.05, 3.63) is 12.0 Å². The monoisotopic (exact) mass is 342 g/mol. The molecule has 0 amide bonds. The van der Waals surface area contributed by atoms with Crippen molar-refractivity contribution < 1.29 is 19.5 Å². The fourth-order valence-electron chi connectivity index (χ4n) is 3.16. The van der Waals surface area contributed by atoms with Crippen LogP contribution in [0.15, 0.2) is 12.0 Å². The quantitative estimate of drug-likeness (QED) is 0.235. The molecule has 1 unspecified atom stereocenters. The second-order valence-corrected chi connectivity index (χ2v) is 7.23. The van der Waals surface area contributed by atoms with Crippen LogP contribution in [0.1, 0.15) is 85.5 Å². The van der Waals surface area contributed by atoms with Crippen LogP contribution in [0, 0.1) is 5.92 Å². The van der Waals surface area contributed by atoms with Crippen LogP contribution >= 0.6 is 0 Å². The van der Waals surface area contributed by atoms with Gasteiger partial charge in [0, 0.05) is 6.42 Å². The molecular formula is C20H40NO3+. The Morgan fingerprint density at radius 3 is 1.92 bits per heavy atom. The lowest BCUT2D eigenvalue weighted by atomic mass is 10.1. The zero-order valence-corrected chi connectivity index (χ0v) is 16.4. The number of allylic oxidation sites excluding steroid dienone is 1. The summed E-state index contributed by atoms with van der Waals surface area (Å²) in [5.74, 6) is -0.708. The molecule has 0 aliphatic rings. The SMILES string of the molecule is CCCCCC/C(O)=C/[N+](CCCC)(CCCC)CC(C)C(=O)O. The van der Waals surface area contributed by atoms with E-state index in [4.69, 9.17) is 0 Å². The normalized spacial score (nSPS) is 13.9. The van der Waals surface area contributed by atoms with Crippen LogP contribution < -0.4 is 0 Å². The van der Waals surface area contributed by atoms with Gasteiger partial charge in [-0.15, -0.1) is 0 Å². The number of rotatable bonds is 15. The van der Waals surface area contributed by atoms with Crippen molar-refractivity contribution in [3.63, 3.8) is 0 Å². The zero-order valence-electron chi connectivity index (χ0n) is 16.4. The van der Waals surface area contributed by atoms with Gasteiger partial charge in [-0.2, -0.15) is 0 Å². The molecule has 2 N–H and O–H groups in total. The molecule has 1 atom stereocenters. The Kier molecular flexibility index (Phi) is 12.7. The summed E-state index contributed by atoms with van der Waals surface area (Å²) in [5, 5.41) is 19.8. The summed E-state index contributed by atoms with van der Waals surface area (Å²) in [6.45, 7) is 10.7. The van der Waals surface area contributed by atoms with Gasteiger partial charge < -0.3 is 10.2 Å². The van der Waals surface area contributed by atoms with Crippen molar-refractivity contribution in [1.29, 1.82) is 0 Å². The Balaban J connectivity index is 5.15. The Morgan fingerprint density at radius 2 is 1.46 bits per heavy atom. The molecule has 0 aliphatic heterocycles. The lowest BCUT2D eigenvalue weighted by Crippen LogP contribution is -2.49. The first-order chi connectivity index (χ1) is 11.4. The summed E-state index contributed by atoms with van der Waals surface area (Å²) in [6, 6.07) is 0. The van der Waals surface area contributed by atoms with Gasteiger partial charge in [0.25, 0.3) is 0 Å². The maximum atomic E-state index is 11.4. The standard InChI is InChI=1S/C20H39NO3/c1-5-8-11-12-13-19(22)17-21(14-9-6-2,15-10-7-3)16-18(4)20(23)24/h17-18H,5-16H2,1-4H3,(H-,22,23,24)/p+1/b19-17-. The van der Waals surface area contributed by atoms with Crippen molar-refractivity contribution in [1.82, 2.24) is 0 Å². The third-order valence-electron chi connectivity index (χ3n) is 4.68. The number of aliphatic hydroxyl groups excluding tert-OH is 1. The maximum Gasteiger partial charge on any atom is 0.311 e. The van der Waals surface area contributed by atoms with Gasteiger partial charge in [-0.3, -0.25) is 9.28 Å². The van der Waals surface area contributed by atoms with Gasteiger partial charge in [-0.05, 0) is 26.2 Å². The molecule has 24 heavy (non-hydrogen) atoms. The van der Waals surface area contributed by atoms with E-state index in [2.05, 4.69) is 20.8 Å². The molecule has 0 aliphatic carbocycles. The second kappa shape index (κ2) is 13.3. The summed E-state index contributed by atoms with van der Waals surface area (Å²) < 4.78 is 0.606. The molecule has 0 aromatic rings. The first kappa shape index (κ1) is 23.0. The number of carboxylic acids is 1. The highest BCUT2D eigenvalue weighted by Gasteiger charge is 2.30. The largest absolute Gasteiger partial charge is 0.507 e. The lowest BCUT2D eigenvalue weighted by molar-refractivity contribution is -0.883. The number of carboxylic acid groups (broad SMARTS) is 1. The summed E-state index contributed by atoms with van der Waals surface area (Å²) >= 11 is 0. The fraction of sp³-hybridized carbons (Fsp3) is 0.850. The molecule has 142 valence electrons. The number of hydrogen-bond donors (Lipinski definition) is 2. The molecule has 0 spiro atoms. The summed E-state index contributed by atoms with van der Waals surface area (Å²) in [6.07, 6.45) is 11.5. The summed E-state index contributed by atoms with van der Waals surface area (Å²) in [5.41, 5.74) is 0. The number of unbranched alkanes of at least 4 members (excludes halogenated alkanes) is 5.